The maximum atomic E-state index is 11.8. The number of carbonyl (C=O) groups is 1. The van der Waals surface area contributed by atoms with Crippen LogP contribution in [0.15, 0.2) is 0 Å². The minimum atomic E-state index is -0.439. The molecule has 0 amide bonds. The number of hydrogen-bond acceptors (Lipinski definition) is 5. The van der Waals surface area contributed by atoms with Crippen molar-refractivity contribution in [3.8, 4) is 0 Å². The molecule has 0 aliphatic heterocycles. The van der Waals surface area contributed by atoms with Gasteiger partial charge in [0, 0.05) is 18.2 Å². The molecule has 19 heavy (non-hydrogen) atoms. The summed E-state index contributed by atoms with van der Waals surface area (Å²) in [5, 5.41) is 0.553. The van der Waals surface area contributed by atoms with E-state index < -0.39 is 5.97 Å². The summed E-state index contributed by atoms with van der Waals surface area (Å²) in [6.07, 6.45) is 3.83. The Kier molecular flexibility index (Phi) is 6.21. The molecule has 1 unspecified atom stereocenters. The van der Waals surface area contributed by atoms with E-state index in [1.54, 1.807) is 6.92 Å². The van der Waals surface area contributed by atoms with Crippen LogP contribution < -0.4 is 5.73 Å². The van der Waals surface area contributed by atoms with Crippen LogP contribution in [0.3, 0.4) is 0 Å². The summed E-state index contributed by atoms with van der Waals surface area (Å²) in [7, 11) is 0. The molecule has 0 aliphatic rings. The molecule has 0 saturated heterocycles. The Morgan fingerprint density at radius 3 is 2.74 bits per heavy atom. The Hall–Kier alpha value is -1.17. The largest absolute Gasteiger partial charge is 0.461 e. The minimum absolute atomic E-state index is 0.246. The molecule has 5 nitrogen and oxygen atoms in total. The van der Waals surface area contributed by atoms with Gasteiger partial charge in [-0.3, -0.25) is 0 Å². The van der Waals surface area contributed by atoms with Gasteiger partial charge >= 0.3 is 5.97 Å². The van der Waals surface area contributed by atoms with Crippen molar-refractivity contribution in [2.45, 2.75) is 45.4 Å². The number of rotatable bonds is 7. The fraction of sp³-hybridized carbons (Fsp3) is 0.692. The van der Waals surface area contributed by atoms with Gasteiger partial charge in [0.2, 0.25) is 0 Å². The quantitative estimate of drug-likeness (QED) is 0.779. The van der Waals surface area contributed by atoms with Gasteiger partial charge in [0.1, 0.15) is 11.6 Å². The molecule has 6 heteroatoms. The maximum absolute atomic E-state index is 11.8. The molecule has 1 aromatic rings. The van der Waals surface area contributed by atoms with Crippen molar-refractivity contribution < 1.29 is 9.53 Å². The van der Waals surface area contributed by atoms with Crippen molar-refractivity contribution in [3.05, 3.63) is 11.5 Å². The third-order valence-electron chi connectivity index (χ3n) is 3.03. The van der Waals surface area contributed by atoms with Gasteiger partial charge in [-0.1, -0.05) is 13.8 Å². The van der Waals surface area contributed by atoms with E-state index >= 15 is 0 Å². The Morgan fingerprint density at radius 1 is 1.53 bits per heavy atom. The number of aromatic nitrogens is 2. The summed E-state index contributed by atoms with van der Waals surface area (Å²) in [5.41, 5.74) is 6.28. The van der Waals surface area contributed by atoms with Crippen LogP contribution >= 0.6 is 11.8 Å². The van der Waals surface area contributed by atoms with Gasteiger partial charge in [-0.15, -0.1) is 0 Å². The molecule has 1 heterocycles. The van der Waals surface area contributed by atoms with Crippen molar-refractivity contribution in [2.24, 2.45) is 0 Å². The van der Waals surface area contributed by atoms with Gasteiger partial charge in [0.25, 0.3) is 0 Å². The lowest BCUT2D eigenvalue weighted by molar-refractivity contribution is 0.0521. The third-order valence-corrected chi connectivity index (χ3v) is 4.07. The summed E-state index contributed by atoms with van der Waals surface area (Å²) in [5.74, 6) is 0.823. The molecule has 2 N–H and O–H groups in total. The first-order valence-electron chi connectivity index (χ1n) is 6.59. The zero-order valence-corrected chi connectivity index (χ0v) is 12.9. The molecule has 0 saturated carbocycles. The third kappa shape index (κ3) is 3.89. The second-order valence-electron chi connectivity index (χ2n) is 4.32. The summed E-state index contributed by atoms with van der Waals surface area (Å²) < 4.78 is 6.90. The summed E-state index contributed by atoms with van der Waals surface area (Å²) in [6.45, 7) is 7.06. The molecule has 1 rings (SSSR count). The fourth-order valence-electron chi connectivity index (χ4n) is 1.81. The van der Waals surface area contributed by atoms with Crippen LogP contribution in [0, 0.1) is 0 Å². The Bertz CT molecular complexity index is 432. The lowest BCUT2D eigenvalue weighted by Crippen LogP contribution is -2.12. The molecule has 0 fully saturated rings. The number of nitrogens with zero attached hydrogens (tertiary/aromatic N) is 2. The highest BCUT2D eigenvalue weighted by molar-refractivity contribution is 7.99. The van der Waals surface area contributed by atoms with E-state index in [-0.39, 0.29) is 5.69 Å². The predicted molar refractivity (Wildman–Crippen MR) is 79.6 cm³/mol. The number of esters is 1. The van der Waals surface area contributed by atoms with Crippen molar-refractivity contribution in [1.82, 2.24) is 9.55 Å². The van der Waals surface area contributed by atoms with E-state index in [1.807, 2.05) is 23.3 Å². The molecular formula is C13H23N3O2S. The number of imidazole rings is 1. The zero-order chi connectivity index (χ0) is 14.4. The van der Waals surface area contributed by atoms with Gasteiger partial charge in [-0.2, -0.15) is 11.8 Å². The van der Waals surface area contributed by atoms with E-state index in [1.165, 1.54) is 0 Å². The number of hydrogen-bond donors (Lipinski definition) is 1. The molecule has 1 aromatic heterocycles. The highest BCUT2D eigenvalue weighted by atomic mass is 32.2. The number of nitrogens with two attached hydrogens (primary N) is 1. The van der Waals surface area contributed by atoms with E-state index in [9.17, 15) is 4.79 Å². The Labute approximate surface area is 118 Å². The molecule has 0 bridgehead atoms. The number of thioether (sulfide) groups is 1. The van der Waals surface area contributed by atoms with E-state index in [0.29, 0.717) is 17.7 Å². The highest BCUT2D eigenvalue weighted by Crippen LogP contribution is 2.19. The smallest absolute Gasteiger partial charge is 0.360 e. The van der Waals surface area contributed by atoms with Crippen LogP contribution in [-0.2, 0) is 17.7 Å². The SMILES string of the molecule is CCOC(=O)c1nc(CC)n(CCC(C)SC)c1N. The molecule has 0 aliphatic carbocycles. The van der Waals surface area contributed by atoms with E-state index in [4.69, 9.17) is 10.5 Å². The van der Waals surface area contributed by atoms with Crippen molar-refractivity contribution in [2.75, 3.05) is 18.6 Å². The number of nitrogen functional groups attached to an aromatic ring is 1. The molecule has 108 valence electrons. The van der Waals surface area contributed by atoms with Crippen LogP contribution in [0.1, 0.15) is 43.5 Å². The molecule has 1 atom stereocenters. The number of ether oxygens (including phenoxy) is 1. The van der Waals surface area contributed by atoms with Crippen LogP contribution in [0.2, 0.25) is 0 Å². The average molecular weight is 285 g/mol. The van der Waals surface area contributed by atoms with Gasteiger partial charge in [-0.25, -0.2) is 9.78 Å². The first kappa shape index (κ1) is 15.9. The second kappa shape index (κ2) is 7.43. The predicted octanol–water partition coefficient (Wildman–Crippen LogP) is 2.35. The number of aryl methyl sites for hydroxylation is 1. The molecule has 0 aromatic carbocycles. The normalized spacial score (nSPS) is 12.4. The molecule has 0 spiro atoms. The lowest BCUT2D eigenvalue weighted by Gasteiger charge is -2.12. The monoisotopic (exact) mass is 285 g/mol. The van der Waals surface area contributed by atoms with Crippen molar-refractivity contribution >= 4 is 23.5 Å². The lowest BCUT2D eigenvalue weighted by atomic mass is 10.3. The standard InChI is InChI=1S/C13H23N3O2S/c1-5-10-15-11(13(17)18-6-2)12(14)16(10)8-7-9(3)19-4/h9H,5-8,14H2,1-4H3. The van der Waals surface area contributed by atoms with Gasteiger partial charge in [0.15, 0.2) is 5.69 Å². The fourth-order valence-corrected chi connectivity index (χ4v) is 2.15. The summed E-state index contributed by atoms with van der Waals surface area (Å²) >= 11 is 1.82. The number of anilines is 1. The molecule has 0 radical (unpaired) electrons. The average Bonchev–Trinajstić information content (AvgIpc) is 2.72. The zero-order valence-electron chi connectivity index (χ0n) is 12.1. The Balaban J connectivity index is 2.93. The summed E-state index contributed by atoms with van der Waals surface area (Å²) in [4.78, 5) is 16.1. The van der Waals surface area contributed by atoms with Gasteiger partial charge in [0.05, 0.1) is 6.61 Å². The van der Waals surface area contributed by atoms with Crippen LogP contribution in [0.4, 0.5) is 5.82 Å². The highest BCUT2D eigenvalue weighted by Gasteiger charge is 2.20. The molecular weight excluding hydrogens is 262 g/mol. The van der Waals surface area contributed by atoms with Crippen LogP contribution in [0.5, 0.6) is 0 Å². The van der Waals surface area contributed by atoms with Crippen molar-refractivity contribution in [3.63, 3.8) is 0 Å². The second-order valence-corrected chi connectivity index (χ2v) is 5.60. The van der Waals surface area contributed by atoms with E-state index in [0.717, 1.165) is 25.2 Å². The summed E-state index contributed by atoms with van der Waals surface area (Å²) in [6, 6.07) is 0. The maximum Gasteiger partial charge on any atom is 0.360 e. The van der Waals surface area contributed by atoms with Crippen LogP contribution in [-0.4, -0.2) is 33.6 Å². The minimum Gasteiger partial charge on any atom is -0.461 e. The first-order chi connectivity index (χ1) is 9.04. The van der Waals surface area contributed by atoms with Crippen molar-refractivity contribution in [1.29, 1.82) is 0 Å². The Morgan fingerprint density at radius 2 is 2.21 bits per heavy atom. The first-order valence-corrected chi connectivity index (χ1v) is 7.88. The van der Waals surface area contributed by atoms with Crippen LogP contribution in [0.25, 0.3) is 0 Å². The number of carbonyl (C=O) groups excluding carboxylic acids is 1. The van der Waals surface area contributed by atoms with Gasteiger partial charge < -0.3 is 15.0 Å². The topological polar surface area (TPSA) is 70.1 Å². The van der Waals surface area contributed by atoms with E-state index in [2.05, 4.69) is 18.2 Å². The van der Waals surface area contributed by atoms with Gasteiger partial charge in [-0.05, 0) is 19.6 Å².